The van der Waals surface area contributed by atoms with E-state index in [1.807, 2.05) is 0 Å². The molecule has 0 nitrogen and oxygen atoms in total. The minimum absolute atomic E-state index is 0.948. The van der Waals surface area contributed by atoms with E-state index in [0.717, 1.165) is 47.2 Å². The SMILES string of the molecule is CCC1CCC(C)C(CC2CC(C)C(CCCS)CC2CC)C1. The van der Waals surface area contributed by atoms with Gasteiger partial charge in [0, 0.05) is 0 Å². The number of thiol groups is 1. The van der Waals surface area contributed by atoms with Gasteiger partial charge < -0.3 is 0 Å². The molecule has 0 aromatic rings. The second-order valence-electron chi connectivity index (χ2n) is 9.06. The van der Waals surface area contributed by atoms with Crippen molar-refractivity contribution in [2.75, 3.05) is 5.75 Å². The highest BCUT2D eigenvalue weighted by Crippen LogP contribution is 2.47. The predicted octanol–water partition coefficient (Wildman–Crippen LogP) is 7.24. The van der Waals surface area contributed by atoms with E-state index in [4.69, 9.17) is 0 Å². The average Bonchev–Trinajstić information content (AvgIpc) is 2.56. The summed E-state index contributed by atoms with van der Waals surface area (Å²) in [5.41, 5.74) is 0. The van der Waals surface area contributed by atoms with Gasteiger partial charge in [-0.3, -0.25) is 0 Å². The monoisotopic (exact) mass is 338 g/mol. The van der Waals surface area contributed by atoms with E-state index in [9.17, 15) is 0 Å². The highest BCUT2D eigenvalue weighted by Gasteiger charge is 2.37. The van der Waals surface area contributed by atoms with Crippen molar-refractivity contribution in [1.29, 1.82) is 0 Å². The van der Waals surface area contributed by atoms with Gasteiger partial charge in [0.2, 0.25) is 0 Å². The summed E-state index contributed by atoms with van der Waals surface area (Å²) in [5, 5.41) is 0. The van der Waals surface area contributed by atoms with Crippen LogP contribution in [0.5, 0.6) is 0 Å². The Morgan fingerprint density at radius 1 is 0.783 bits per heavy atom. The molecule has 0 aromatic carbocycles. The predicted molar refractivity (Wildman–Crippen MR) is 107 cm³/mol. The van der Waals surface area contributed by atoms with E-state index in [1.165, 1.54) is 57.8 Å². The Balaban J connectivity index is 1.93. The van der Waals surface area contributed by atoms with Crippen LogP contribution in [0.3, 0.4) is 0 Å². The lowest BCUT2D eigenvalue weighted by Gasteiger charge is -2.44. The third-order valence-electron chi connectivity index (χ3n) is 7.66. The van der Waals surface area contributed by atoms with Gasteiger partial charge in [0.15, 0.2) is 0 Å². The van der Waals surface area contributed by atoms with Crippen molar-refractivity contribution in [2.24, 2.45) is 41.4 Å². The summed E-state index contributed by atoms with van der Waals surface area (Å²) in [6, 6.07) is 0. The standard InChI is InChI=1S/C22H42S/c1-5-18-10-9-16(3)21(13-18)15-22-12-17(4)20(8-7-11-23)14-19(22)6-2/h16-23H,5-15H2,1-4H3. The third-order valence-corrected chi connectivity index (χ3v) is 7.98. The quantitative estimate of drug-likeness (QED) is 0.465. The molecule has 2 rings (SSSR count). The molecule has 2 aliphatic rings. The van der Waals surface area contributed by atoms with E-state index in [-0.39, 0.29) is 0 Å². The molecule has 0 amide bonds. The molecule has 136 valence electrons. The van der Waals surface area contributed by atoms with Crippen LogP contribution in [0.1, 0.15) is 91.9 Å². The molecular weight excluding hydrogens is 296 g/mol. The molecule has 0 N–H and O–H groups in total. The molecule has 0 saturated heterocycles. The van der Waals surface area contributed by atoms with Crippen LogP contribution in [-0.4, -0.2) is 5.75 Å². The molecule has 1 heteroatoms. The molecule has 2 fully saturated rings. The van der Waals surface area contributed by atoms with Crippen molar-refractivity contribution in [3.8, 4) is 0 Å². The molecule has 0 bridgehead atoms. The van der Waals surface area contributed by atoms with Crippen LogP contribution in [0, 0.1) is 41.4 Å². The van der Waals surface area contributed by atoms with Gasteiger partial charge >= 0.3 is 0 Å². The second-order valence-corrected chi connectivity index (χ2v) is 9.51. The smallest absolute Gasteiger partial charge is 0.00978 e. The fourth-order valence-corrected chi connectivity index (χ4v) is 6.00. The lowest BCUT2D eigenvalue weighted by molar-refractivity contribution is 0.0684. The van der Waals surface area contributed by atoms with Crippen LogP contribution in [0.2, 0.25) is 0 Å². The van der Waals surface area contributed by atoms with Crippen molar-refractivity contribution in [3.05, 3.63) is 0 Å². The summed E-state index contributed by atoms with van der Waals surface area (Å²) in [6.07, 6.45) is 14.6. The molecule has 7 atom stereocenters. The van der Waals surface area contributed by atoms with E-state index in [2.05, 4.69) is 40.3 Å². The minimum Gasteiger partial charge on any atom is -0.179 e. The van der Waals surface area contributed by atoms with Gasteiger partial charge in [0.25, 0.3) is 0 Å². The largest absolute Gasteiger partial charge is 0.179 e. The Bertz CT molecular complexity index is 326. The van der Waals surface area contributed by atoms with Gasteiger partial charge in [0.05, 0.1) is 0 Å². The van der Waals surface area contributed by atoms with Gasteiger partial charge in [-0.1, -0.05) is 53.4 Å². The fourth-order valence-electron chi connectivity index (χ4n) is 5.82. The fraction of sp³-hybridized carbons (Fsp3) is 1.00. The van der Waals surface area contributed by atoms with Crippen molar-refractivity contribution in [2.45, 2.75) is 91.9 Å². The van der Waals surface area contributed by atoms with Crippen LogP contribution in [0.4, 0.5) is 0 Å². The second kappa shape index (κ2) is 9.73. The first-order valence-corrected chi connectivity index (χ1v) is 11.3. The molecule has 0 spiro atoms. The van der Waals surface area contributed by atoms with Crippen molar-refractivity contribution < 1.29 is 0 Å². The van der Waals surface area contributed by atoms with Crippen LogP contribution >= 0.6 is 12.6 Å². The maximum Gasteiger partial charge on any atom is -0.00978 e. The maximum absolute atomic E-state index is 4.43. The van der Waals surface area contributed by atoms with Crippen LogP contribution in [0.25, 0.3) is 0 Å². The molecule has 2 aliphatic carbocycles. The molecule has 2 saturated carbocycles. The Hall–Kier alpha value is 0.350. The van der Waals surface area contributed by atoms with Gasteiger partial charge in [-0.25, -0.2) is 0 Å². The number of rotatable bonds is 7. The summed E-state index contributed by atoms with van der Waals surface area (Å²) in [6.45, 7) is 9.93. The summed E-state index contributed by atoms with van der Waals surface area (Å²) in [5.74, 6) is 8.05. The highest BCUT2D eigenvalue weighted by atomic mass is 32.1. The summed E-state index contributed by atoms with van der Waals surface area (Å²) < 4.78 is 0. The first kappa shape index (κ1) is 19.7. The molecule has 0 aromatic heterocycles. The Morgan fingerprint density at radius 3 is 2.22 bits per heavy atom. The zero-order valence-electron chi connectivity index (χ0n) is 16.3. The molecule has 23 heavy (non-hydrogen) atoms. The van der Waals surface area contributed by atoms with Gasteiger partial charge in [0.1, 0.15) is 0 Å². The van der Waals surface area contributed by atoms with E-state index in [0.29, 0.717) is 0 Å². The first-order chi connectivity index (χ1) is 11.1. The molecule has 0 aliphatic heterocycles. The number of hydrogen-bond acceptors (Lipinski definition) is 1. The molecule has 0 heterocycles. The van der Waals surface area contributed by atoms with Gasteiger partial charge in [-0.2, -0.15) is 12.6 Å². The van der Waals surface area contributed by atoms with E-state index >= 15 is 0 Å². The third kappa shape index (κ3) is 5.41. The Kier molecular flexibility index (Phi) is 8.33. The van der Waals surface area contributed by atoms with E-state index in [1.54, 1.807) is 6.42 Å². The average molecular weight is 339 g/mol. The zero-order chi connectivity index (χ0) is 16.8. The summed E-state index contributed by atoms with van der Waals surface area (Å²) in [4.78, 5) is 0. The Labute approximate surface area is 152 Å². The van der Waals surface area contributed by atoms with Crippen LogP contribution in [0.15, 0.2) is 0 Å². The van der Waals surface area contributed by atoms with Crippen molar-refractivity contribution in [3.63, 3.8) is 0 Å². The highest BCUT2D eigenvalue weighted by molar-refractivity contribution is 7.80. The Morgan fingerprint density at radius 2 is 1.57 bits per heavy atom. The molecule has 0 radical (unpaired) electrons. The van der Waals surface area contributed by atoms with Gasteiger partial charge in [-0.05, 0) is 85.7 Å². The zero-order valence-corrected chi connectivity index (χ0v) is 17.2. The van der Waals surface area contributed by atoms with Crippen LogP contribution < -0.4 is 0 Å². The maximum atomic E-state index is 4.43. The summed E-state index contributed by atoms with van der Waals surface area (Å²) in [7, 11) is 0. The normalized spacial score (nSPS) is 41.9. The topological polar surface area (TPSA) is 0 Å². The van der Waals surface area contributed by atoms with Crippen molar-refractivity contribution >= 4 is 12.6 Å². The lowest BCUT2D eigenvalue weighted by Crippen LogP contribution is -2.34. The molecular formula is C22H42S. The lowest BCUT2D eigenvalue weighted by atomic mass is 9.62. The first-order valence-electron chi connectivity index (χ1n) is 10.7. The van der Waals surface area contributed by atoms with Crippen molar-refractivity contribution in [1.82, 2.24) is 0 Å². The van der Waals surface area contributed by atoms with Crippen LogP contribution in [-0.2, 0) is 0 Å². The number of hydrogen-bond donors (Lipinski definition) is 1. The summed E-state index contributed by atoms with van der Waals surface area (Å²) >= 11 is 4.43. The van der Waals surface area contributed by atoms with Gasteiger partial charge in [-0.15, -0.1) is 0 Å². The minimum atomic E-state index is 0.948. The molecule has 7 unspecified atom stereocenters. The van der Waals surface area contributed by atoms with E-state index < -0.39 is 0 Å².